The van der Waals surface area contributed by atoms with E-state index >= 15 is 0 Å². The molecule has 3 aromatic carbocycles. The van der Waals surface area contributed by atoms with Gasteiger partial charge in [-0.15, -0.1) is 0 Å². The van der Waals surface area contributed by atoms with Gasteiger partial charge in [-0.25, -0.2) is 0 Å². The van der Waals surface area contributed by atoms with Crippen molar-refractivity contribution in [2.45, 2.75) is 58.2 Å². The van der Waals surface area contributed by atoms with E-state index in [4.69, 9.17) is 5.73 Å². The van der Waals surface area contributed by atoms with E-state index in [1.54, 1.807) is 27.1 Å². The van der Waals surface area contributed by atoms with Gasteiger partial charge in [0.05, 0.1) is 0 Å². The molecule has 2 N–H and O–H groups in total. The molecule has 1 unspecified atom stereocenters. The molecule has 3 aromatic rings. The van der Waals surface area contributed by atoms with Gasteiger partial charge in [0.1, 0.15) is 12.1 Å². The molecule has 4 rings (SSSR count). The Balaban J connectivity index is 0.000000415. The maximum Gasteiger partial charge on any atom is 0.246 e. The van der Waals surface area contributed by atoms with Crippen molar-refractivity contribution in [2.24, 2.45) is 5.73 Å². The Morgan fingerprint density at radius 2 is 1.49 bits per heavy atom. The van der Waals surface area contributed by atoms with E-state index < -0.39 is 17.6 Å². The number of piperazine rings is 1. The summed E-state index contributed by atoms with van der Waals surface area (Å²) in [5.41, 5.74) is 7.86. The van der Waals surface area contributed by atoms with Gasteiger partial charge in [-0.3, -0.25) is 14.4 Å². The predicted molar refractivity (Wildman–Crippen MR) is 184 cm³/mol. The van der Waals surface area contributed by atoms with Crippen molar-refractivity contribution in [3.05, 3.63) is 96.1 Å². The van der Waals surface area contributed by atoms with Gasteiger partial charge < -0.3 is 25.3 Å². The zero-order chi connectivity index (χ0) is 33.1. The van der Waals surface area contributed by atoms with Crippen molar-refractivity contribution >= 4 is 28.5 Å². The van der Waals surface area contributed by atoms with Gasteiger partial charge in [0, 0.05) is 52.2 Å². The van der Waals surface area contributed by atoms with E-state index in [0.29, 0.717) is 25.9 Å². The number of carbonyl (C=O) groups is 3. The SMILES string of the molecule is CC(C(=O)N(C)[C@H](Cc1ccccc1)C(=O)N1CCN(C)CC1)N(C)C(=O)/C=C/CC(C)(C)N.Cc1ccc2ccccc2c1. The summed E-state index contributed by atoms with van der Waals surface area (Å²) in [7, 11) is 5.30. The van der Waals surface area contributed by atoms with Crippen LogP contribution in [0.3, 0.4) is 0 Å². The highest BCUT2D eigenvalue weighted by Gasteiger charge is 2.35. The second kappa shape index (κ2) is 16.3. The van der Waals surface area contributed by atoms with Crippen LogP contribution in [-0.2, 0) is 20.8 Å². The van der Waals surface area contributed by atoms with Crippen molar-refractivity contribution in [2.75, 3.05) is 47.3 Å². The second-order valence-corrected chi connectivity index (χ2v) is 12.9. The van der Waals surface area contributed by atoms with Crippen molar-refractivity contribution in [1.82, 2.24) is 19.6 Å². The number of nitrogens with two attached hydrogens (primary N) is 1. The summed E-state index contributed by atoms with van der Waals surface area (Å²) in [6.45, 7) is 10.5. The lowest BCUT2D eigenvalue weighted by Crippen LogP contribution is -2.57. The lowest BCUT2D eigenvalue weighted by atomic mass is 10.0. The Morgan fingerprint density at radius 1 is 0.889 bits per heavy atom. The summed E-state index contributed by atoms with van der Waals surface area (Å²) in [6.07, 6.45) is 4.15. The molecule has 8 nitrogen and oxygen atoms in total. The summed E-state index contributed by atoms with van der Waals surface area (Å²) in [5, 5.41) is 2.64. The highest BCUT2D eigenvalue weighted by molar-refractivity contribution is 5.94. The number of hydrogen-bond donors (Lipinski definition) is 1. The van der Waals surface area contributed by atoms with Gasteiger partial charge in [-0.2, -0.15) is 0 Å². The molecule has 0 bridgehead atoms. The summed E-state index contributed by atoms with van der Waals surface area (Å²) >= 11 is 0. The molecular weight excluding hydrogens is 562 g/mol. The van der Waals surface area contributed by atoms with E-state index in [0.717, 1.165) is 18.7 Å². The van der Waals surface area contributed by atoms with Gasteiger partial charge >= 0.3 is 0 Å². The van der Waals surface area contributed by atoms with E-state index in [1.807, 2.05) is 56.1 Å². The second-order valence-electron chi connectivity index (χ2n) is 12.9. The molecule has 0 saturated carbocycles. The Hall–Kier alpha value is -4.01. The molecule has 1 aliphatic rings. The number of benzene rings is 3. The van der Waals surface area contributed by atoms with Crippen LogP contribution in [0.15, 0.2) is 84.9 Å². The van der Waals surface area contributed by atoms with Crippen LogP contribution >= 0.6 is 0 Å². The van der Waals surface area contributed by atoms with Crippen LogP contribution in [0.5, 0.6) is 0 Å². The maximum atomic E-state index is 13.5. The fourth-order valence-corrected chi connectivity index (χ4v) is 5.16. The standard InChI is InChI=1S/C26H41N5O3.C11H10/c1-20(29(5)23(32)13-10-14-26(2,3)27)24(33)30(6)22(19-21-11-8-7-9-12-21)25(34)31-17-15-28(4)16-18-31;1-9-6-7-10-4-2-3-5-11(10)8-9/h7-13,20,22H,14-19,27H2,1-6H3;2-8H,1H3/b13-10+;/t20?,22-;/m1./s1. The highest BCUT2D eigenvalue weighted by atomic mass is 16.2. The van der Waals surface area contributed by atoms with Crippen molar-refractivity contribution in [3.63, 3.8) is 0 Å². The number of amides is 3. The zero-order valence-corrected chi connectivity index (χ0v) is 28.1. The van der Waals surface area contributed by atoms with Gasteiger partial charge in [0.15, 0.2) is 0 Å². The molecule has 1 saturated heterocycles. The highest BCUT2D eigenvalue weighted by Crippen LogP contribution is 2.16. The number of aryl methyl sites for hydroxylation is 1. The maximum absolute atomic E-state index is 13.5. The molecule has 45 heavy (non-hydrogen) atoms. The van der Waals surface area contributed by atoms with Crippen LogP contribution < -0.4 is 5.73 Å². The number of carbonyl (C=O) groups excluding carboxylic acids is 3. The Bertz CT molecular complexity index is 1440. The molecule has 0 spiro atoms. The minimum atomic E-state index is -0.716. The third-order valence-electron chi connectivity index (χ3n) is 8.28. The first-order chi connectivity index (χ1) is 21.3. The van der Waals surface area contributed by atoms with Crippen LogP contribution in [-0.4, -0.2) is 102 Å². The molecule has 1 fully saturated rings. The molecule has 1 heterocycles. The molecule has 8 heteroatoms. The van der Waals surface area contributed by atoms with Crippen molar-refractivity contribution in [3.8, 4) is 0 Å². The van der Waals surface area contributed by atoms with Crippen LogP contribution in [0.4, 0.5) is 0 Å². The molecule has 2 atom stereocenters. The smallest absolute Gasteiger partial charge is 0.246 e. The molecule has 242 valence electrons. The minimum Gasteiger partial charge on any atom is -0.338 e. The number of fused-ring (bicyclic) bond motifs is 1. The summed E-state index contributed by atoms with van der Waals surface area (Å²) in [4.78, 5) is 46.5. The average Bonchev–Trinajstić information content (AvgIpc) is 3.02. The van der Waals surface area contributed by atoms with Gasteiger partial charge in [0.2, 0.25) is 17.7 Å². The number of likely N-dealkylation sites (N-methyl/N-ethyl adjacent to an activating group) is 3. The van der Waals surface area contributed by atoms with Crippen molar-refractivity contribution < 1.29 is 14.4 Å². The molecule has 0 aromatic heterocycles. The van der Waals surface area contributed by atoms with Crippen molar-refractivity contribution in [1.29, 1.82) is 0 Å². The first-order valence-electron chi connectivity index (χ1n) is 15.7. The zero-order valence-electron chi connectivity index (χ0n) is 28.1. The summed E-state index contributed by atoms with van der Waals surface area (Å²) in [5.74, 6) is -0.602. The number of rotatable bonds is 9. The third-order valence-corrected chi connectivity index (χ3v) is 8.28. The molecule has 0 aliphatic carbocycles. The average molecular weight is 614 g/mol. The Kier molecular flexibility index (Phi) is 12.9. The molecule has 0 radical (unpaired) electrons. The van der Waals surface area contributed by atoms with E-state index in [-0.39, 0.29) is 17.7 Å². The molecular formula is C37H51N5O3. The predicted octanol–water partition coefficient (Wildman–Crippen LogP) is 4.51. The Morgan fingerprint density at radius 3 is 2.11 bits per heavy atom. The van der Waals surface area contributed by atoms with E-state index in [2.05, 4.69) is 54.3 Å². The van der Waals surface area contributed by atoms with Gasteiger partial charge in [0.25, 0.3) is 0 Å². The van der Waals surface area contributed by atoms with Crippen LogP contribution in [0.25, 0.3) is 10.8 Å². The lowest BCUT2D eigenvalue weighted by Gasteiger charge is -2.38. The minimum absolute atomic E-state index is 0.0564. The first-order valence-corrected chi connectivity index (χ1v) is 15.7. The fraction of sp³-hybridized carbons (Fsp3) is 0.432. The number of nitrogens with zero attached hydrogens (tertiary/aromatic N) is 4. The van der Waals surface area contributed by atoms with Gasteiger partial charge in [-0.1, -0.05) is 84.4 Å². The number of hydrogen-bond acceptors (Lipinski definition) is 5. The molecule has 1 aliphatic heterocycles. The topological polar surface area (TPSA) is 90.2 Å². The van der Waals surface area contributed by atoms with Crippen LogP contribution in [0.2, 0.25) is 0 Å². The van der Waals surface area contributed by atoms with Crippen LogP contribution in [0.1, 0.15) is 38.3 Å². The monoisotopic (exact) mass is 613 g/mol. The first kappa shape index (κ1) is 35.5. The van der Waals surface area contributed by atoms with E-state index in [9.17, 15) is 14.4 Å². The summed E-state index contributed by atoms with van der Waals surface area (Å²) in [6, 6.07) is 23.3. The summed E-state index contributed by atoms with van der Waals surface area (Å²) < 4.78 is 0. The molecule has 3 amide bonds. The van der Waals surface area contributed by atoms with E-state index in [1.165, 1.54) is 32.2 Å². The quantitative estimate of drug-likeness (QED) is 0.359. The normalized spacial score (nSPS) is 15.2. The van der Waals surface area contributed by atoms with Crippen LogP contribution in [0, 0.1) is 6.92 Å². The Labute approximate surface area is 269 Å². The largest absolute Gasteiger partial charge is 0.338 e. The fourth-order valence-electron chi connectivity index (χ4n) is 5.16. The van der Waals surface area contributed by atoms with Gasteiger partial charge in [-0.05, 0) is 63.6 Å². The lowest BCUT2D eigenvalue weighted by molar-refractivity contribution is -0.149. The third kappa shape index (κ3) is 10.8.